The molecule has 27 heavy (non-hydrogen) atoms. The second-order valence-corrected chi connectivity index (χ2v) is 7.40. The van der Waals surface area contributed by atoms with Crippen LogP contribution in [0.2, 0.25) is 0 Å². The molecule has 4 heterocycles. The molecule has 1 fully saturated rings. The lowest BCUT2D eigenvalue weighted by Gasteiger charge is -2.32. The summed E-state index contributed by atoms with van der Waals surface area (Å²) in [6, 6.07) is 0.142. The van der Waals surface area contributed by atoms with Gasteiger partial charge in [-0.15, -0.1) is 0 Å². The molecule has 2 aromatic heterocycles. The van der Waals surface area contributed by atoms with Crippen molar-refractivity contribution in [3.05, 3.63) is 35.2 Å². The molecule has 0 aromatic carbocycles. The van der Waals surface area contributed by atoms with Gasteiger partial charge in [0.05, 0.1) is 18.9 Å². The highest BCUT2D eigenvalue weighted by molar-refractivity contribution is 5.90. The summed E-state index contributed by atoms with van der Waals surface area (Å²) in [6.45, 7) is 7.16. The Kier molecular flexibility index (Phi) is 5.27. The van der Waals surface area contributed by atoms with Gasteiger partial charge in [0, 0.05) is 62.8 Å². The number of aromatic nitrogens is 4. The lowest BCUT2D eigenvalue weighted by atomic mass is 10.0. The number of nitrogens with one attached hydrogen (secondary N) is 1. The number of hydrogen-bond acceptors (Lipinski definition) is 5. The normalized spacial score (nSPS) is 20.4. The van der Waals surface area contributed by atoms with Crippen molar-refractivity contribution in [2.24, 2.45) is 7.05 Å². The van der Waals surface area contributed by atoms with Gasteiger partial charge in [0.1, 0.15) is 0 Å². The number of ether oxygens (including phenoxy) is 1. The van der Waals surface area contributed by atoms with Gasteiger partial charge in [-0.25, -0.2) is 4.98 Å². The van der Waals surface area contributed by atoms with Crippen molar-refractivity contribution in [3.63, 3.8) is 0 Å². The van der Waals surface area contributed by atoms with Crippen LogP contribution in [-0.4, -0.2) is 55.9 Å². The fourth-order valence-electron chi connectivity index (χ4n) is 4.13. The zero-order valence-electron chi connectivity index (χ0n) is 16.1. The average Bonchev–Trinajstić information content (AvgIpc) is 3.26. The molecule has 0 bridgehead atoms. The molecule has 0 aliphatic carbocycles. The lowest BCUT2D eigenvalue weighted by molar-refractivity contribution is 0.0885. The van der Waals surface area contributed by atoms with Gasteiger partial charge in [0.15, 0.2) is 5.82 Å². The Morgan fingerprint density at radius 1 is 1.44 bits per heavy atom. The van der Waals surface area contributed by atoms with Crippen molar-refractivity contribution < 1.29 is 9.53 Å². The molecule has 1 saturated heterocycles. The molecule has 0 radical (unpaired) electrons. The fourth-order valence-corrected chi connectivity index (χ4v) is 4.13. The van der Waals surface area contributed by atoms with Crippen molar-refractivity contribution in [1.82, 2.24) is 29.5 Å². The Balaban J connectivity index is 1.41. The van der Waals surface area contributed by atoms with Gasteiger partial charge in [-0.2, -0.15) is 5.10 Å². The van der Waals surface area contributed by atoms with Gasteiger partial charge in [-0.3, -0.25) is 14.4 Å². The Morgan fingerprint density at radius 2 is 2.33 bits per heavy atom. The number of fused-ring (bicyclic) bond motifs is 1. The molecule has 4 rings (SSSR count). The summed E-state index contributed by atoms with van der Waals surface area (Å²) in [5, 5.41) is 7.98. The van der Waals surface area contributed by atoms with E-state index < -0.39 is 0 Å². The summed E-state index contributed by atoms with van der Waals surface area (Å²) in [4.78, 5) is 19.0. The molecule has 0 spiro atoms. The standard InChI is InChI=1S/C19H28N6O2/c1-3-25-17-6-10-27-13-15(17)16(22-25)12-24-8-4-5-14(11-24)21-19(26)18-20-7-9-23(18)2/h7,9,14H,3-6,8,10-13H2,1-2H3,(H,21,26). The Bertz CT molecular complexity index is 811. The zero-order chi connectivity index (χ0) is 18.8. The minimum absolute atomic E-state index is 0.101. The molecule has 1 amide bonds. The predicted octanol–water partition coefficient (Wildman–Crippen LogP) is 1.10. The highest BCUT2D eigenvalue weighted by Gasteiger charge is 2.26. The van der Waals surface area contributed by atoms with Gasteiger partial charge in [0.2, 0.25) is 0 Å². The van der Waals surface area contributed by atoms with Crippen LogP contribution in [0.4, 0.5) is 0 Å². The lowest BCUT2D eigenvalue weighted by Crippen LogP contribution is -2.47. The van der Waals surface area contributed by atoms with E-state index in [2.05, 4.69) is 26.8 Å². The van der Waals surface area contributed by atoms with Crippen LogP contribution in [0.1, 0.15) is 47.3 Å². The third-order valence-corrected chi connectivity index (χ3v) is 5.52. The molecule has 146 valence electrons. The maximum absolute atomic E-state index is 12.4. The molecule has 0 saturated carbocycles. The third kappa shape index (κ3) is 3.77. The largest absolute Gasteiger partial charge is 0.376 e. The number of hydrogen-bond donors (Lipinski definition) is 1. The highest BCUT2D eigenvalue weighted by Crippen LogP contribution is 2.23. The number of imidazole rings is 1. The van der Waals surface area contributed by atoms with Crippen LogP contribution in [0.3, 0.4) is 0 Å². The SMILES string of the molecule is CCn1nc(CN2CCCC(NC(=O)c3nccn3C)C2)c2c1CCOC2. The van der Waals surface area contributed by atoms with Crippen LogP contribution < -0.4 is 5.32 Å². The Labute approximate surface area is 159 Å². The molecule has 1 atom stereocenters. The first kappa shape index (κ1) is 18.2. The molecular weight excluding hydrogens is 344 g/mol. The first-order valence-electron chi connectivity index (χ1n) is 9.81. The van der Waals surface area contributed by atoms with E-state index in [4.69, 9.17) is 9.84 Å². The van der Waals surface area contributed by atoms with Gasteiger partial charge < -0.3 is 14.6 Å². The maximum atomic E-state index is 12.4. The van der Waals surface area contributed by atoms with Crippen molar-refractivity contribution in [2.75, 3.05) is 19.7 Å². The molecule has 2 aliphatic heterocycles. The average molecular weight is 372 g/mol. The first-order valence-corrected chi connectivity index (χ1v) is 9.81. The van der Waals surface area contributed by atoms with Gasteiger partial charge in [-0.1, -0.05) is 0 Å². The predicted molar refractivity (Wildman–Crippen MR) is 100 cm³/mol. The van der Waals surface area contributed by atoms with Gasteiger partial charge >= 0.3 is 0 Å². The molecule has 8 nitrogen and oxygen atoms in total. The summed E-state index contributed by atoms with van der Waals surface area (Å²) >= 11 is 0. The summed E-state index contributed by atoms with van der Waals surface area (Å²) in [5.74, 6) is 0.357. The molecule has 2 aromatic rings. The zero-order valence-corrected chi connectivity index (χ0v) is 16.1. The Hall–Kier alpha value is -2.19. The highest BCUT2D eigenvalue weighted by atomic mass is 16.5. The number of likely N-dealkylation sites (tertiary alicyclic amines) is 1. The number of aryl methyl sites for hydroxylation is 2. The molecule has 1 N–H and O–H groups in total. The van der Waals surface area contributed by atoms with E-state index >= 15 is 0 Å². The number of carbonyl (C=O) groups is 1. The van der Waals surface area contributed by atoms with Crippen molar-refractivity contribution >= 4 is 5.91 Å². The maximum Gasteiger partial charge on any atom is 0.287 e. The van der Waals surface area contributed by atoms with Crippen LogP contribution in [0.5, 0.6) is 0 Å². The first-order chi connectivity index (χ1) is 13.2. The van der Waals surface area contributed by atoms with Crippen molar-refractivity contribution in [2.45, 2.75) is 51.9 Å². The van der Waals surface area contributed by atoms with E-state index in [-0.39, 0.29) is 11.9 Å². The second kappa shape index (κ2) is 7.82. The van der Waals surface area contributed by atoms with E-state index in [1.807, 2.05) is 7.05 Å². The number of carbonyl (C=O) groups excluding carboxylic acids is 1. The molecule has 8 heteroatoms. The summed E-state index contributed by atoms with van der Waals surface area (Å²) < 4.78 is 9.54. The van der Waals surface area contributed by atoms with Crippen molar-refractivity contribution in [1.29, 1.82) is 0 Å². The summed E-state index contributed by atoms with van der Waals surface area (Å²) in [6.07, 6.45) is 6.45. The van der Waals surface area contributed by atoms with Crippen LogP contribution >= 0.6 is 0 Å². The number of nitrogens with zero attached hydrogens (tertiary/aromatic N) is 5. The number of piperidine rings is 1. The fraction of sp³-hybridized carbons (Fsp3) is 0.632. The van der Waals surface area contributed by atoms with Gasteiger partial charge in [-0.05, 0) is 26.3 Å². The quantitative estimate of drug-likeness (QED) is 0.851. The Morgan fingerprint density at radius 3 is 3.11 bits per heavy atom. The summed E-state index contributed by atoms with van der Waals surface area (Å²) in [5.41, 5.74) is 3.72. The van der Waals surface area contributed by atoms with Crippen LogP contribution in [-0.2, 0) is 37.9 Å². The minimum atomic E-state index is -0.101. The van der Waals surface area contributed by atoms with Crippen LogP contribution in [0.25, 0.3) is 0 Å². The van der Waals surface area contributed by atoms with Gasteiger partial charge in [0.25, 0.3) is 5.91 Å². The molecule has 1 unspecified atom stereocenters. The second-order valence-electron chi connectivity index (χ2n) is 7.40. The minimum Gasteiger partial charge on any atom is -0.376 e. The van der Waals surface area contributed by atoms with E-state index in [0.29, 0.717) is 12.4 Å². The molecule has 2 aliphatic rings. The van der Waals surface area contributed by atoms with Crippen LogP contribution in [0, 0.1) is 0 Å². The van der Waals surface area contributed by atoms with E-state index in [1.165, 1.54) is 11.3 Å². The monoisotopic (exact) mass is 372 g/mol. The van der Waals surface area contributed by atoms with E-state index in [9.17, 15) is 4.79 Å². The van der Waals surface area contributed by atoms with Crippen LogP contribution in [0.15, 0.2) is 12.4 Å². The number of amides is 1. The molecular formula is C19H28N6O2. The van der Waals surface area contributed by atoms with Crippen molar-refractivity contribution in [3.8, 4) is 0 Å². The smallest absolute Gasteiger partial charge is 0.287 e. The number of rotatable bonds is 5. The summed E-state index contributed by atoms with van der Waals surface area (Å²) in [7, 11) is 1.84. The van der Waals surface area contributed by atoms with E-state index in [1.54, 1.807) is 17.0 Å². The van der Waals surface area contributed by atoms with E-state index in [0.717, 1.165) is 57.7 Å². The topological polar surface area (TPSA) is 77.2 Å². The third-order valence-electron chi connectivity index (χ3n) is 5.52.